The summed E-state index contributed by atoms with van der Waals surface area (Å²) in [4.78, 5) is 17.1. The topological polar surface area (TPSA) is 59.2 Å². The molecule has 2 aromatic heterocycles. The van der Waals surface area contributed by atoms with E-state index in [1.165, 1.54) is 11.3 Å². The molecule has 1 saturated heterocycles. The molecule has 0 aromatic carbocycles. The maximum Gasteiger partial charge on any atom is 0.274 e. The maximum absolute atomic E-state index is 12.7. The van der Waals surface area contributed by atoms with Gasteiger partial charge in [-0.1, -0.05) is 0 Å². The van der Waals surface area contributed by atoms with Gasteiger partial charge in [-0.15, -0.1) is 0 Å². The van der Waals surface area contributed by atoms with E-state index in [-0.39, 0.29) is 5.91 Å². The van der Waals surface area contributed by atoms with Crippen LogP contribution in [0.4, 0.5) is 0 Å². The number of hydrogen-bond acceptors (Lipinski definition) is 4. The third kappa shape index (κ3) is 2.73. The summed E-state index contributed by atoms with van der Waals surface area (Å²) < 4.78 is 3.73. The second-order valence-electron chi connectivity index (χ2n) is 6.88. The van der Waals surface area contributed by atoms with Crippen molar-refractivity contribution in [3.8, 4) is 0 Å². The highest BCUT2D eigenvalue weighted by atomic mass is 16.2. The molecular weight excluding hydrogens is 304 g/mol. The van der Waals surface area contributed by atoms with Gasteiger partial charge in [0.2, 0.25) is 0 Å². The van der Waals surface area contributed by atoms with Crippen LogP contribution in [0.1, 0.15) is 40.2 Å². The first kappa shape index (κ1) is 15.4. The minimum atomic E-state index is 0.116. The van der Waals surface area contributed by atoms with Gasteiger partial charge in [0.1, 0.15) is 0 Å². The van der Waals surface area contributed by atoms with Gasteiger partial charge in [0.25, 0.3) is 5.91 Å². The first-order valence-electron chi connectivity index (χ1n) is 8.65. The first-order chi connectivity index (χ1) is 11.6. The van der Waals surface area contributed by atoms with E-state index in [1.807, 2.05) is 34.6 Å². The molecule has 7 heteroatoms. The van der Waals surface area contributed by atoms with Gasteiger partial charge in [-0.3, -0.25) is 19.1 Å². The number of fused-ring (bicyclic) bond motifs is 1. The molecule has 2 aliphatic heterocycles. The van der Waals surface area contributed by atoms with Gasteiger partial charge in [-0.25, -0.2) is 0 Å². The zero-order valence-corrected chi connectivity index (χ0v) is 14.4. The van der Waals surface area contributed by atoms with Crippen LogP contribution in [0.5, 0.6) is 0 Å². The molecule has 128 valence electrons. The second-order valence-corrected chi connectivity index (χ2v) is 6.88. The van der Waals surface area contributed by atoms with Crippen LogP contribution in [0.3, 0.4) is 0 Å². The van der Waals surface area contributed by atoms with Crippen LogP contribution >= 0.6 is 0 Å². The van der Waals surface area contributed by atoms with Crippen LogP contribution in [0.15, 0.2) is 12.4 Å². The zero-order valence-electron chi connectivity index (χ0n) is 14.4. The van der Waals surface area contributed by atoms with Crippen molar-refractivity contribution >= 4 is 5.91 Å². The fourth-order valence-corrected chi connectivity index (χ4v) is 3.81. The Labute approximate surface area is 141 Å². The Morgan fingerprint density at radius 2 is 2.00 bits per heavy atom. The highest BCUT2D eigenvalue weighted by molar-refractivity contribution is 5.94. The summed E-state index contributed by atoms with van der Waals surface area (Å²) >= 11 is 0. The molecule has 0 saturated carbocycles. The maximum atomic E-state index is 12.7. The number of hydrogen-bond donors (Lipinski definition) is 0. The molecule has 0 N–H and O–H groups in total. The van der Waals surface area contributed by atoms with Gasteiger partial charge in [0, 0.05) is 64.1 Å². The smallest absolute Gasteiger partial charge is 0.274 e. The van der Waals surface area contributed by atoms with Gasteiger partial charge >= 0.3 is 0 Å². The predicted molar refractivity (Wildman–Crippen MR) is 89.4 cm³/mol. The molecule has 24 heavy (non-hydrogen) atoms. The normalized spacial score (nSPS) is 18.2. The van der Waals surface area contributed by atoms with Crippen molar-refractivity contribution < 1.29 is 4.79 Å². The first-order valence-corrected chi connectivity index (χ1v) is 8.65. The number of nitrogens with zero attached hydrogens (tertiary/aromatic N) is 6. The van der Waals surface area contributed by atoms with Gasteiger partial charge in [-0.2, -0.15) is 10.2 Å². The van der Waals surface area contributed by atoms with Crippen molar-refractivity contribution in [2.24, 2.45) is 14.1 Å². The van der Waals surface area contributed by atoms with E-state index in [0.717, 1.165) is 57.5 Å². The molecule has 0 spiro atoms. The fraction of sp³-hybridized carbons (Fsp3) is 0.588. The van der Waals surface area contributed by atoms with E-state index >= 15 is 0 Å². The third-order valence-corrected chi connectivity index (χ3v) is 5.09. The number of carbonyl (C=O) groups is 1. The summed E-state index contributed by atoms with van der Waals surface area (Å²) in [5.41, 5.74) is 4.22. The molecule has 7 nitrogen and oxygen atoms in total. The Kier molecular flexibility index (Phi) is 3.88. The zero-order chi connectivity index (χ0) is 16.7. The van der Waals surface area contributed by atoms with Crippen molar-refractivity contribution in [1.82, 2.24) is 29.4 Å². The van der Waals surface area contributed by atoms with Gasteiger partial charge in [0.15, 0.2) is 5.69 Å². The minimum absolute atomic E-state index is 0.116. The Hall–Kier alpha value is -2.15. The minimum Gasteiger partial charge on any atom is -0.337 e. The molecule has 2 aliphatic rings. The van der Waals surface area contributed by atoms with E-state index in [4.69, 9.17) is 0 Å². The molecule has 1 amide bonds. The number of aryl methyl sites for hydroxylation is 2. The lowest BCUT2D eigenvalue weighted by molar-refractivity contribution is 0.0784. The Bertz CT molecular complexity index is 755. The summed E-state index contributed by atoms with van der Waals surface area (Å²) in [5.74, 6) is 0.116. The second kappa shape index (κ2) is 6.05. The van der Waals surface area contributed by atoms with E-state index < -0.39 is 0 Å². The van der Waals surface area contributed by atoms with Crippen LogP contribution in [-0.2, 0) is 33.6 Å². The Morgan fingerprint density at radius 3 is 2.71 bits per heavy atom. The van der Waals surface area contributed by atoms with Crippen LogP contribution in [0.25, 0.3) is 0 Å². The van der Waals surface area contributed by atoms with Gasteiger partial charge in [-0.05, 0) is 19.3 Å². The lowest BCUT2D eigenvalue weighted by Crippen LogP contribution is -2.32. The molecule has 1 fully saturated rings. The molecule has 0 bridgehead atoms. The molecule has 4 heterocycles. The lowest BCUT2D eigenvalue weighted by atomic mass is 10.0. The molecule has 0 aliphatic carbocycles. The Balaban J connectivity index is 1.53. The third-order valence-electron chi connectivity index (χ3n) is 5.09. The van der Waals surface area contributed by atoms with Crippen LogP contribution in [0, 0.1) is 0 Å². The summed E-state index contributed by atoms with van der Waals surface area (Å²) in [5, 5.41) is 8.80. The highest BCUT2D eigenvalue weighted by Crippen LogP contribution is 2.25. The van der Waals surface area contributed by atoms with E-state index in [2.05, 4.69) is 21.3 Å². The predicted octanol–water partition coefficient (Wildman–Crippen LogP) is 0.948. The molecule has 2 aromatic rings. The molecule has 0 radical (unpaired) electrons. The lowest BCUT2D eigenvalue weighted by Gasteiger charge is -2.27. The van der Waals surface area contributed by atoms with Crippen LogP contribution < -0.4 is 0 Å². The average Bonchev–Trinajstić information content (AvgIpc) is 3.29. The van der Waals surface area contributed by atoms with Crippen molar-refractivity contribution in [3.63, 3.8) is 0 Å². The number of rotatable bonds is 3. The van der Waals surface area contributed by atoms with E-state index in [0.29, 0.717) is 5.69 Å². The van der Waals surface area contributed by atoms with Gasteiger partial charge < -0.3 is 4.90 Å². The molecule has 0 unspecified atom stereocenters. The Morgan fingerprint density at radius 1 is 1.21 bits per heavy atom. The number of aromatic nitrogens is 4. The van der Waals surface area contributed by atoms with Crippen molar-refractivity contribution in [2.75, 3.05) is 19.6 Å². The molecule has 4 rings (SSSR count). The van der Waals surface area contributed by atoms with Crippen molar-refractivity contribution in [1.29, 1.82) is 0 Å². The van der Waals surface area contributed by atoms with Crippen LogP contribution in [0.2, 0.25) is 0 Å². The van der Waals surface area contributed by atoms with E-state index in [9.17, 15) is 4.79 Å². The average molecular weight is 328 g/mol. The fourth-order valence-electron chi connectivity index (χ4n) is 3.81. The monoisotopic (exact) mass is 328 g/mol. The van der Waals surface area contributed by atoms with Crippen LogP contribution in [-0.4, -0.2) is 54.9 Å². The summed E-state index contributed by atoms with van der Waals surface area (Å²) in [7, 11) is 3.89. The van der Waals surface area contributed by atoms with Gasteiger partial charge in [0.05, 0.1) is 11.9 Å². The summed E-state index contributed by atoms with van der Waals surface area (Å²) in [6.07, 6.45) is 7.08. The quantitative estimate of drug-likeness (QED) is 0.842. The number of carbonyl (C=O) groups excluding carboxylic acids is 1. The highest BCUT2D eigenvalue weighted by Gasteiger charge is 2.30. The largest absolute Gasteiger partial charge is 0.337 e. The van der Waals surface area contributed by atoms with Crippen molar-refractivity contribution in [2.45, 2.75) is 32.4 Å². The number of likely N-dealkylation sites (tertiary alicyclic amines) is 1. The van der Waals surface area contributed by atoms with Crippen molar-refractivity contribution in [3.05, 3.63) is 34.9 Å². The SMILES string of the molecule is Cn1cc(CN2CCc3c(C(=O)N4CCCC4)nn(C)c3C2)cn1. The standard InChI is InChI=1S/C17H24N6O/c1-20-10-13(9-18-20)11-22-8-5-14-15(12-22)21(2)19-16(14)17(24)23-6-3-4-7-23/h9-10H,3-8,11-12H2,1-2H3. The molecule has 0 atom stereocenters. The van der Waals surface area contributed by atoms with E-state index in [1.54, 1.807) is 0 Å². The summed E-state index contributed by atoms with van der Waals surface area (Å²) in [6.45, 7) is 4.41. The molecular formula is C17H24N6O. The summed E-state index contributed by atoms with van der Waals surface area (Å²) in [6, 6.07) is 0. The number of amides is 1.